The van der Waals surface area contributed by atoms with Gasteiger partial charge in [0.15, 0.2) is 6.61 Å². The number of aromatic nitrogens is 2. The molecule has 0 saturated heterocycles. The number of amides is 1. The van der Waals surface area contributed by atoms with Crippen molar-refractivity contribution in [2.24, 2.45) is 5.73 Å². The van der Waals surface area contributed by atoms with Crippen LogP contribution in [0.4, 0.5) is 5.13 Å². The van der Waals surface area contributed by atoms with Crippen molar-refractivity contribution in [2.75, 3.05) is 12.3 Å². The van der Waals surface area contributed by atoms with E-state index in [1.807, 2.05) is 12.1 Å². The second kappa shape index (κ2) is 4.79. The zero-order chi connectivity index (χ0) is 12.3. The lowest BCUT2D eigenvalue weighted by atomic mass is 10.2. The van der Waals surface area contributed by atoms with Crippen molar-refractivity contribution in [3.63, 3.8) is 0 Å². The topological polar surface area (TPSA) is 104 Å². The molecule has 88 valence electrons. The van der Waals surface area contributed by atoms with Crippen LogP contribution < -0.4 is 16.2 Å². The summed E-state index contributed by atoms with van der Waals surface area (Å²) in [5.74, 6) is 0.0658. The fourth-order valence-corrected chi connectivity index (χ4v) is 1.81. The second-order valence-corrected chi connectivity index (χ2v) is 4.23. The van der Waals surface area contributed by atoms with Gasteiger partial charge in [-0.05, 0) is 24.3 Å². The number of anilines is 1. The minimum Gasteiger partial charge on any atom is -0.484 e. The highest BCUT2D eigenvalue weighted by molar-refractivity contribution is 7.18. The summed E-state index contributed by atoms with van der Waals surface area (Å²) in [4.78, 5) is 10.5. The molecule has 2 aromatic rings. The quantitative estimate of drug-likeness (QED) is 0.829. The number of primary amides is 1. The highest BCUT2D eigenvalue weighted by Gasteiger charge is 2.04. The zero-order valence-corrected chi connectivity index (χ0v) is 9.61. The molecule has 17 heavy (non-hydrogen) atoms. The molecule has 0 aliphatic rings. The monoisotopic (exact) mass is 250 g/mol. The van der Waals surface area contributed by atoms with Crippen molar-refractivity contribution < 1.29 is 9.53 Å². The third kappa shape index (κ3) is 2.91. The maximum atomic E-state index is 10.5. The number of rotatable bonds is 4. The molecule has 6 nitrogen and oxygen atoms in total. The lowest BCUT2D eigenvalue weighted by Gasteiger charge is -2.03. The molecule has 0 unspecified atom stereocenters. The Bertz CT molecular complexity index is 523. The van der Waals surface area contributed by atoms with Crippen LogP contribution in [-0.2, 0) is 4.79 Å². The van der Waals surface area contributed by atoms with E-state index in [0.29, 0.717) is 10.9 Å². The van der Waals surface area contributed by atoms with E-state index >= 15 is 0 Å². The molecule has 0 radical (unpaired) electrons. The van der Waals surface area contributed by atoms with Gasteiger partial charge in [0, 0.05) is 5.56 Å². The van der Waals surface area contributed by atoms with Gasteiger partial charge in [0.05, 0.1) is 0 Å². The van der Waals surface area contributed by atoms with Crippen LogP contribution in [0.3, 0.4) is 0 Å². The van der Waals surface area contributed by atoms with E-state index in [1.165, 1.54) is 11.3 Å². The Morgan fingerprint density at radius 2 is 2.00 bits per heavy atom. The third-order valence-electron chi connectivity index (χ3n) is 1.92. The van der Waals surface area contributed by atoms with Gasteiger partial charge in [-0.3, -0.25) is 4.79 Å². The van der Waals surface area contributed by atoms with E-state index in [-0.39, 0.29) is 6.61 Å². The van der Waals surface area contributed by atoms with Crippen molar-refractivity contribution in [3.8, 4) is 16.3 Å². The van der Waals surface area contributed by atoms with Crippen LogP contribution in [0.1, 0.15) is 0 Å². The Morgan fingerprint density at radius 3 is 2.53 bits per heavy atom. The Labute approximate surface area is 101 Å². The summed E-state index contributed by atoms with van der Waals surface area (Å²) in [6.07, 6.45) is 0. The Kier molecular flexibility index (Phi) is 3.20. The van der Waals surface area contributed by atoms with Crippen LogP contribution in [0.25, 0.3) is 10.6 Å². The van der Waals surface area contributed by atoms with Gasteiger partial charge in [-0.1, -0.05) is 11.3 Å². The molecule has 2 rings (SSSR count). The third-order valence-corrected chi connectivity index (χ3v) is 2.72. The average molecular weight is 250 g/mol. The van der Waals surface area contributed by atoms with Crippen LogP contribution in [-0.4, -0.2) is 22.7 Å². The Morgan fingerprint density at radius 1 is 1.29 bits per heavy atom. The minimum absolute atomic E-state index is 0.134. The molecule has 0 aliphatic carbocycles. The van der Waals surface area contributed by atoms with E-state index in [2.05, 4.69) is 10.2 Å². The van der Waals surface area contributed by atoms with Gasteiger partial charge in [0.25, 0.3) is 5.91 Å². The number of hydrogen-bond acceptors (Lipinski definition) is 6. The van der Waals surface area contributed by atoms with Crippen LogP contribution in [0.5, 0.6) is 5.75 Å². The Balaban J connectivity index is 2.10. The Hall–Kier alpha value is -2.15. The number of hydrogen-bond donors (Lipinski definition) is 2. The highest BCUT2D eigenvalue weighted by atomic mass is 32.1. The minimum atomic E-state index is -0.508. The van der Waals surface area contributed by atoms with Gasteiger partial charge in [0.1, 0.15) is 10.8 Å². The average Bonchev–Trinajstić information content (AvgIpc) is 2.74. The summed E-state index contributed by atoms with van der Waals surface area (Å²) in [6, 6.07) is 7.10. The molecule has 0 aliphatic heterocycles. The van der Waals surface area contributed by atoms with Crippen LogP contribution in [0, 0.1) is 0 Å². The zero-order valence-electron chi connectivity index (χ0n) is 8.79. The molecule has 0 fully saturated rings. The maximum absolute atomic E-state index is 10.5. The first-order valence-corrected chi connectivity index (χ1v) is 5.57. The number of nitrogens with zero attached hydrogens (tertiary/aromatic N) is 2. The number of carbonyl (C=O) groups is 1. The predicted molar refractivity (Wildman–Crippen MR) is 64.4 cm³/mol. The number of benzene rings is 1. The number of ether oxygens (including phenoxy) is 1. The number of nitrogen functional groups attached to an aromatic ring is 1. The maximum Gasteiger partial charge on any atom is 0.255 e. The molecule has 4 N–H and O–H groups in total. The summed E-state index contributed by atoms with van der Waals surface area (Å²) < 4.78 is 5.13. The second-order valence-electron chi connectivity index (χ2n) is 3.22. The first-order chi connectivity index (χ1) is 8.15. The first-order valence-electron chi connectivity index (χ1n) is 4.75. The lowest BCUT2D eigenvalue weighted by Crippen LogP contribution is -2.19. The SMILES string of the molecule is NC(=O)COc1ccc(-c2nnc(N)s2)cc1. The predicted octanol–water partition coefficient (Wildman–Crippen LogP) is 0.651. The van der Waals surface area contributed by atoms with Crippen molar-refractivity contribution >= 4 is 22.4 Å². The molecule has 0 atom stereocenters. The molecule has 0 bridgehead atoms. The van der Waals surface area contributed by atoms with E-state index < -0.39 is 5.91 Å². The van der Waals surface area contributed by atoms with Gasteiger partial charge in [-0.25, -0.2) is 0 Å². The number of nitrogens with two attached hydrogens (primary N) is 2. The van der Waals surface area contributed by atoms with Gasteiger partial charge in [0.2, 0.25) is 5.13 Å². The smallest absolute Gasteiger partial charge is 0.255 e. The number of carbonyl (C=O) groups excluding carboxylic acids is 1. The molecule has 1 amide bonds. The van der Waals surface area contributed by atoms with Gasteiger partial charge in [-0.15, -0.1) is 10.2 Å². The van der Waals surface area contributed by atoms with E-state index in [0.717, 1.165) is 10.6 Å². The van der Waals surface area contributed by atoms with Crippen LogP contribution in [0.15, 0.2) is 24.3 Å². The molecule has 1 aromatic carbocycles. The van der Waals surface area contributed by atoms with Gasteiger partial charge < -0.3 is 16.2 Å². The molecule has 1 heterocycles. The largest absolute Gasteiger partial charge is 0.484 e. The van der Waals surface area contributed by atoms with Crippen molar-refractivity contribution in [2.45, 2.75) is 0 Å². The normalized spacial score (nSPS) is 10.1. The van der Waals surface area contributed by atoms with E-state index in [4.69, 9.17) is 16.2 Å². The molecule has 0 saturated carbocycles. The standard InChI is InChI=1S/C10H10N4O2S/c11-8(15)5-16-7-3-1-6(2-4-7)9-13-14-10(12)17-9/h1-4H,5H2,(H2,11,15)(H2,12,14). The van der Waals surface area contributed by atoms with Crippen LogP contribution >= 0.6 is 11.3 Å². The van der Waals surface area contributed by atoms with Crippen molar-refractivity contribution in [1.29, 1.82) is 0 Å². The van der Waals surface area contributed by atoms with Crippen LogP contribution in [0.2, 0.25) is 0 Å². The summed E-state index contributed by atoms with van der Waals surface area (Å²) in [5.41, 5.74) is 11.4. The molecule has 0 spiro atoms. The first kappa shape index (κ1) is 11.3. The van der Waals surface area contributed by atoms with Gasteiger partial charge in [-0.2, -0.15) is 0 Å². The van der Waals surface area contributed by atoms with Gasteiger partial charge >= 0.3 is 0 Å². The summed E-state index contributed by atoms with van der Waals surface area (Å²) in [5, 5.41) is 8.81. The summed E-state index contributed by atoms with van der Waals surface area (Å²) >= 11 is 1.31. The summed E-state index contributed by atoms with van der Waals surface area (Å²) in [7, 11) is 0. The molecule has 7 heteroatoms. The fraction of sp³-hybridized carbons (Fsp3) is 0.100. The summed E-state index contributed by atoms with van der Waals surface area (Å²) in [6.45, 7) is -0.134. The molecular formula is C10H10N4O2S. The van der Waals surface area contributed by atoms with Crippen molar-refractivity contribution in [1.82, 2.24) is 10.2 Å². The lowest BCUT2D eigenvalue weighted by molar-refractivity contribution is -0.119. The van der Waals surface area contributed by atoms with Crippen molar-refractivity contribution in [3.05, 3.63) is 24.3 Å². The highest BCUT2D eigenvalue weighted by Crippen LogP contribution is 2.26. The molecule has 1 aromatic heterocycles. The van der Waals surface area contributed by atoms with E-state index in [1.54, 1.807) is 12.1 Å². The van der Waals surface area contributed by atoms with E-state index in [9.17, 15) is 4.79 Å². The molecular weight excluding hydrogens is 240 g/mol. The fourth-order valence-electron chi connectivity index (χ4n) is 1.20.